The number of fused-ring (bicyclic) bond motifs is 2. The molecule has 1 aromatic rings. The molecule has 80 valence electrons. The van der Waals surface area contributed by atoms with Gasteiger partial charge in [-0.25, -0.2) is 0 Å². The molecule has 1 saturated heterocycles. The van der Waals surface area contributed by atoms with Crippen molar-refractivity contribution >= 4 is 11.6 Å². The van der Waals surface area contributed by atoms with Gasteiger partial charge in [0.2, 0.25) is 0 Å². The Morgan fingerprint density at radius 1 is 1.20 bits per heavy atom. The summed E-state index contributed by atoms with van der Waals surface area (Å²) in [7, 11) is 0. The fourth-order valence-corrected chi connectivity index (χ4v) is 2.62. The maximum Gasteiger partial charge on any atom is 0.195 e. The van der Waals surface area contributed by atoms with Crippen LogP contribution in [0.3, 0.4) is 0 Å². The molecule has 0 saturated carbocycles. The van der Waals surface area contributed by atoms with Crippen LogP contribution in [0, 0.1) is 0 Å². The second-order valence-electron chi connectivity index (χ2n) is 4.15. The van der Waals surface area contributed by atoms with Crippen LogP contribution in [0.25, 0.3) is 0 Å². The molecule has 0 amide bonds. The summed E-state index contributed by atoms with van der Waals surface area (Å²) in [5.41, 5.74) is 2.34. The fraction of sp³-hybridized carbons (Fsp3) is 0.500. The van der Waals surface area contributed by atoms with E-state index in [2.05, 4.69) is 0 Å². The SMILES string of the molecule is Clc1ccc2c(c1)COC21CCCCO1. The Bertz CT molecular complexity index is 383. The number of ether oxygens (including phenoxy) is 2. The van der Waals surface area contributed by atoms with Crippen LogP contribution in [-0.2, 0) is 21.9 Å². The van der Waals surface area contributed by atoms with Crippen molar-refractivity contribution in [1.82, 2.24) is 0 Å². The molecule has 2 heterocycles. The lowest BCUT2D eigenvalue weighted by molar-refractivity contribution is -0.257. The zero-order valence-electron chi connectivity index (χ0n) is 8.46. The highest BCUT2D eigenvalue weighted by Crippen LogP contribution is 2.44. The van der Waals surface area contributed by atoms with Gasteiger partial charge >= 0.3 is 0 Å². The van der Waals surface area contributed by atoms with Gasteiger partial charge in [0.25, 0.3) is 0 Å². The zero-order chi connectivity index (χ0) is 10.3. The molecule has 1 spiro atoms. The van der Waals surface area contributed by atoms with Crippen LogP contribution < -0.4 is 0 Å². The summed E-state index contributed by atoms with van der Waals surface area (Å²) in [6.07, 6.45) is 3.26. The fourth-order valence-electron chi connectivity index (χ4n) is 2.42. The molecule has 0 aliphatic carbocycles. The summed E-state index contributed by atoms with van der Waals surface area (Å²) < 4.78 is 11.7. The van der Waals surface area contributed by atoms with E-state index in [4.69, 9.17) is 21.1 Å². The minimum absolute atomic E-state index is 0.460. The summed E-state index contributed by atoms with van der Waals surface area (Å²) in [4.78, 5) is 0. The van der Waals surface area contributed by atoms with Gasteiger partial charge in [-0.1, -0.05) is 17.7 Å². The Hall–Kier alpha value is -0.570. The van der Waals surface area contributed by atoms with Crippen molar-refractivity contribution in [3.05, 3.63) is 34.3 Å². The summed E-state index contributed by atoms with van der Waals surface area (Å²) >= 11 is 5.95. The molecular weight excluding hydrogens is 212 g/mol. The van der Waals surface area contributed by atoms with E-state index in [9.17, 15) is 0 Å². The monoisotopic (exact) mass is 224 g/mol. The normalized spacial score (nSPS) is 29.4. The lowest BCUT2D eigenvalue weighted by Crippen LogP contribution is -2.32. The van der Waals surface area contributed by atoms with Crippen molar-refractivity contribution in [1.29, 1.82) is 0 Å². The number of rotatable bonds is 0. The summed E-state index contributed by atoms with van der Waals surface area (Å²) in [6.45, 7) is 1.41. The van der Waals surface area contributed by atoms with E-state index in [-0.39, 0.29) is 0 Å². The van der Waals surface area contributed by atoms with E-state index in [0.717, 1.165) is 24.5 Å². The lowest BCUT2D eigenvalue weighted by atomic mass is 9.96. The van der Waals surface area contributed by atoms with Crippen LogP contribution in [0.1, 0.15) is 30.4 Å². The van der Waals surface area contributed by atoms with E-state index in [1.807, 2.05) is 18.2 Å². The van der Waals surface area contributed by atoms with Gasteiger partial charge < -0.3 is 9.47 Å². The smallest absolute Gasteiger partial charge is 0.195 e. The highest BCUT2D eigenvalue weighted by Gasteiger charge is 2.42. The van der Waals surface area contributed by atoms with Gasteiger partial charge in [0.1, 0.15) is 0 Å². The van der Waals surface area contributed by atoms with Gasteiger partial charge in [-0.3, -0.25) is 0 Å². The maximum atomic E-state index is 5.95. The molecule has 3 rings (SSSR count). The summed E-state index contributed by atoms with van der Waals surface area (Å²) in [6, 6.07) is 5.92. The first-order valence-corrected chi connectivity index (χ1v) is 5.75. The topological polar surface area (TPSA) is 18.5 Å². The molecule has 0 bridgehead atoms. The van der Waals surface area contributed by atoms with Crippen molar-refractivity contribution in [3.63, 3.8) is 0 Å². The quantitative estimate of drug-likeness (QED) is 0.674. The second-order valence-corrected chi connectivity index (χ2v) is 4.59. The van der Waals surface area contributed by atoms with Crippen LogP contribution in [0.2, 0.25) is 5.02 Å². The van der Waals surface area contributed by atoms with Gasteiger partial charge in [-0.2, -0.15) is 0 Å². The molecule has 2 aliphatic rings. The van der Waals surface area contributed by atoms with Gasteiger partial charge in [0.05, 0.1) is 13.2 Å². The Labute approximate surface area is 94.1 Å². The first-order chi connectivity index (χ1) is 7.30. The lowest BCUT2D eigenvalue weighted by Gasteiger charge is -2.33. The molecule has 15 heavy (non-hydrogen) atoms. The van der Waals surface area contributed by atoms with Crippen LogP contribution >= 0.6 is 11.6 Å². The molecule has 1 atom stereocenters. The predicted molar refractivity (Wildman–Crippen MR) is 57.7 cm³/mol. The molecule has 1 fully saturated rings. The molecule has 3 heteroatoms. The molecule has 2 aliphatic heterocycles. The maximum absolute atomic E-state index is 5.95. The number of hydrogen-bond donors (Lipinski definition) is 0. The average Bonchev–Trinajstić information content (AvgIpc) is 2.58. The van der Waals surface area contributed by atoms with Gasteiger partial charge in [-0.15, -0.1) is 0 Å². The Morgan fingerprint density at radius 2 is 2.13 bits per heavy atom. The van der Waals surface area contributed by atoms with Crippen molar-refractivity contribution in [2.45, 2.75) is 31.7 Å². The van der Waals surface area contributed by atoms with E-state index >= 15 is 0 Å². The van der Waals surface area contributed by atoms with Crippen LogP contribution in [-0.4, -0.2) is 6.61 Å². The average molecular weight is 225 g/mol. The molecule has 1 aromatic carbocycles. The molecule has 2 nitrogen and oxygen atoms in total. The van der Waals surface area contributed by atoms with Crippen molar-refractivity contribution < 1.29 is 9.47 Å². The minimum atomic E-state index is -0.460. The largest absolute Gasteiger partial charge is 0.346 e. The van der Waals surface area contributed by atoms with Gasteiger partial charge in [0.15, 0.2) is 5.79 Å². The van der Waals surface area contributed by atoms with E-state index in [0.29, 0.717) is 6.61 Å². The molecular formula is C12H13ClO2. The summed E-state index contributed by atoms with van der Waals surface area (Å²) in [5.74, 6) is -0.460. The second kappa shape index (κ2) is 3.48. The first-order valence-electron chi connectivity index (χ1n) is 5.37. The first kappa shape index (κ1) is 9.64. The van der Waals surface area contributed by atoms with Crippen molar-refractivity contribution in [2.24, 2.45) is 0 Å². The highest BCUT2D eigenvalue weighted by atomic mass is 35.5. The highest BCUT2D eigenvalue weighted by molar-refractivity contribution is 6.30. The molecule has 1 unspecified atom stereocenters. The molecule has 0 radical (unpaired) electrons. The number of halogens is 1. The predicted octanol–water partition coefficient (Wildman–Crippen LogP) is 3.22. The van der Waals surface area contributed by atoms with E-state index in [1.54, 1.807) is 0 Å². The third-order valence-corrected chi connectivity index (χ3v) is 3.41. The van der Waals surface area contributed by atoms with Crippen LogP contribution in [0.4, 0.5) is 0 Å². The number of hydrogen-bond acceptors (Lipinski definition) is 2. The van der Waals surface area contributed by atoms with Crippen molar-refractivity contribution in [2.75, 3.05) is 6.61 Å². The third-order valence-electron chi connectivity index (χ3n) is 3.17. The Morgan fingerprint density at radius 3 is 2.93 bits per heavy atom. The zero-order valence-corrected chi connectivity index (χ0v) is 9.22. The molecule has 0 N–H and O–H groups in total. The standard InChI is InChI=1S/C12H13ClO2/c13-10-3-4-11-9(7-10)8-15-12(11)5-1-2-6-14-12/h3-4,7H,1-2,5-6,8H2. The molecule has 0 aromatic heterocycles. The van der Waals surface area contributed by atoms with E-state index < -0.39 is 5.79 Å². The van der Waals surface area contributed by atoms with Crippen LogP contribution in [0.15, 0.2) is 18.2 Å². The van der Waals surface area contributed by atoms with Crippen molar-refractivity contribution in [3.8, 4) is 0 Å². The van der Waals surface area contributed by atoms with Gasteiger partial charge in [0, 0.05) is 17.0 Å². The summed E-state index contributed by atoms with van der Waals surface area (Å²) in [5, 5.41) is 0.769. The minimum Gasteiger partial charge on any atom is -0.346 e. The van der Waals surface area contributed by atoms with E-state index in [1.165, 1.54) is 17.5 Å². The number of benzene rings is 1. The van der Waals surface area contributed by atoms with Crippen LogP contribution in [0.5, 0.6) is 0 Å². The Kier molecular flexibility index (Phi) is 2.23. The Balaban J connectivity index is 2.03. The third kappa shape index (κ3) is 1.48. The van der Waals surface area contributed by atoms with Gasteiger partial charge in [-0.05, 0) is 30.5 Å².